The summed E-state index contributed by atoms with van der Waals surface area (Å²) in [6.07, 6.45) is 1.54. The summed E-state index contributed by atoms with van der Waals surface area (Å²) in [6.45, 7) is 0.571. The Morgan fingerprint density at radius 1 is 1.53 bits per heavy atom. The second-order valence-corrected chi connectivity index (χ2v) is 3.72. The quantitative estimate of drug-likeness (QED) is 0.914. The summed E-state index contributed by atoms with van der Waals surface area (Å²) >= 11 is 5.55. The van der Waals surface area contributed by atoms with Gasteiger partial charge in [0.2, 0.25) is 0 Å². The molecule has 90 valence electrons. The zero-order valence-corrected chi connectivity index (χ0v) is 9.79. The Kier molecular flexibility index (Phi) is 3.61. The van der Waals surface area contributed by atoms with E-state index in [-0.39, 0.29) is 16.8 Å². The van der Waals surface area contributed by atoms with E-state index in [4.69, 9.17) is 20.8 Å². The van der Waals surface area contributed by atoms with Crippen LogP contribution < -0.4 is 10.1 Å². The van der Waals surface area contributed by atoms with Crippen molar-refractivity contribution in [2.75, 3.05) is 7.05 Å². The zero-order chi connectivity index (χ0) is 12.3. The number of nitrogens with one attached hydrogen (secondary N) is 1. The lowest BCUT2D eigenvalue weighted by atomic mass is 10.3. The molecule has 2 rings (SSSR count). The van der Waals surface area contributed by atoms with Crippen LogP contribution in [0.3, 0.4) is 0 Å². The van der Waals surface area contributed by atoms with Crippen LogP contribution in [-0.4, -0.2) is 12.0 Å². The highest BCUT2D eigenvalue weighted by atomic mass is 35.5. The van der Waals surface area contributed by atoms with E-state index in [9.17, 15) is 4.39 Å². The first kappa shape index (κ1) is 11.9. The molecule has 4 nitrogen and oxygen atoms in total. The first-order chi connectivity index (χ1) is 8.19. The van der Waals surface area contributed by atoms with Gasteiger partial charge in [0.25, 0.3) is 0 Å². The number of oxazole rings is 1. The topological polar surface area (TPSA) is 47.3 Å². The van der Waals surface area contributed by atoms with Gasteiger partial charge in [-0.15, -0.1) is 0 Å². The van der Waals surface area contributed by atoms with Crippen molar-refractivity contribution < 1.29 is 13.5 Å². The molecule has 0 spiro atoms. The van der Waals surface area contributed by atoms with Crippen molar-refractivity contribution in [2.45, 2.75) is 6.54 Å². The molecule has 0 saturated carbocycles. The molecule has 0 bridgehead atoms. The number of hydrogen-bond donors (Lipinski definition) is 1. The Morgan fingerprint density at radius 2 is 2.35 bits per heavy atom. The van der Waals surface area contributed by atoms with Crippen molar-refractivity contribution in [3.05, 3.63) is 41.0 Å². The molecule has 0 unspecified atom stereocenters. The Hall–Kier alpha value is -1.59. The van der Waals surface area contributed by atoms with Crippen molar-refractivity contribution in [1.82, 2.24) is 10.3 Å². The highest BCUT2D eigenvalue weighted by Crippen LogP contribution is 2.24. The van der Waals surface area contributed by atoms with Crippen LogP contribution in [0.4, 0.5) is 4.39 Å². The molecule has 0 aliphatic carbocycles. The minimum absolute atomic E-state index is 0.0422. The predicted octanol–water partition coefficient (Wildman–Crippen LogP) is 2.98. The van der Waals surface area contributed by atoms with Gasteiger partial charge in [0.05, 0.1) is 10.7 Å². The van der Waals surface area contributed by atoms with Crippen molar-refractivity contribution in [1.29, 1.82) is 0 Å². The first-order valence-corrected chi connectivity index (χ1v) is 5.29. The summed E-state index contributed by atoms with van der Waals surface area (Å²) < 4.78 is 23.4. The summed E-state index contributed by atoms with van der Waals surface area (Å²) in [4.78, 5) is 4.04. The van der Waals surface area contributed by atoms with Crippen LogP contribution in [0, 0.1) is 5.82 Å². The largest absolute Gasteiger partial charge is 0.417 e. The fourth-order valence-corrected chi connectivity index (χ4v) is 1.36. The molecule has 0 radical (unpaired) electrons. The molecule has 0 fully saturated rings. The van der Waals surface area contributed by atoms with Gasteiger partial charge in [-0.25, -0.2) is 4.39 Å². The highest BCUT2D eigenvalue weighted by Gasteiger charge is 2.07. The smallest absolute Gasteiger partial charge is 0.399 e. The minimum Gasteiger partial charge on any atom is -0.417 e. The summed E-state index contributed by atoms with van der Waals surface area (Å²) in [5.74, 6) is -0.268. The summed E-state index contributed by atoms with van der Waals surface area (Å²) in [5.41, 5.74) is 0.705. The lowest BCUT2D eigenvalue weighted by Gasteiger charge is -2.01. The third kappa shape index (κ3) is 2.95. The number of rotatable bonds is 4. The molecule has 6 heteroatoms. The fourth-order valence-electron chi connectivity index (χ4n) is 1.24. The van der Waals surface area contributed by atoms with E-state index in [1.54, 1.807) is 7.05 Å². The summed E-state index contributed by atoms with van der Waals surface area (Å²) in [5, 5.41) is 2.96. The monoisotopic (exact) mass is 256 g/mol. The third-order valence-corrected chi connectivity index (χ3v) is 2.29. The first-order valence-electron chi connectivity index (χ1n) is 4.91. The third-order valence-electron chi connectivity index (χ3n) is 1.98. The maximum Gasteiger partial charge on any atom is 0.399 e. The number of ether oxygens (including phenoxy) is 1. The fraction of sp³-hybridized carbons (Fsp3) is 0.182. The standard InChI is InChI=1S/C11H10ClFN2O2/c1-14-5-7-6-16-11(15-7)17-8-2-3-9(12)10(13)4-8/h2-4,6,14H,5H2,1H3. The van der Waals surface area contributed by atoms with E-state index in [0.29, 0.717) is 12.2 Å². The molecule has 2 aromatic rings. The lowest BCUT2D eigenvalue weighted by molar-refractivity contribution is 0.329. The lowest BCUT2D eigenvalue weighted by Crippen LogP contribution is -2.04. The van der Waals surface area contributed by atoms with Gasteiger partial charge in [-0.1, -0.05) is 11.6 Å². The van der Waals surface area contributed by atoms with E-state index in [0.717, 1.165) is 0 Å². The molecular weight excluding hydrogens is 247 g/mol. The zero-order valence-electron chi connectivity index (χ0n) is 9.04. The molecule has 0 amide bonds. The van der Waals surface area contributed by atoms with E-state index < -0.39 is 5.82 Å². The van der Waals surface area contributed by atoms with Crippen molar-refractivity contribution in [3.63, 3.8) is 0 Å². The SMILES string of the molecule is CNCc1coc(Oc2ccc(Cl)c(F)c2)n1. The Balaban J connectivity index is 2.11. The molecule has 1 N–H and O–H groups in total. The van der Waals surface area contributed by atoms with Gasteiger partial charge in [0.1, 0.15) is 17.8 Å². The van der Waals surface area contributed by atoms with Crippen LogP contribution in [-0.2, 0) is 6.54 Å². The second kappa shape index (κ2) is 5.16. The van der Waals surface area contributed by atoms with Crippen LogP contribution in [0.1, 0.15) is 5.69 Å². The molecule has 0 aliphatic rings. The molecule has 0 aliphatic heterocycles. The molecule has 0 saturated heterocycles. The number of benzene rings is 1. The minimum atomic E-state index is -0.550. The number of hydrogen-bond acceptors (Lipinski definition) is 4. The van der Waals surface area contributed by atoms with E-state index in [1.165, 1.54) is 24.5 Å². The number of halogens is 2. The highest BCUT2D eigenvalue weighted by molar-refractivity contribution is 6.30. The van der Waals surface area contributed by atoms with E-state index in [2.05, 4.69) is 10.3 Å². The Morgan fingerprint density at radius 3 is 3.06 bits per heavy atom. The van der Waals surface area contributed by atoms with Gasteiger partial charge in [0.15, 0.2) is 0 Å². The average molecular weight is 257 g/mol. The van der Waals surface area contributed by atoms with Gasteiger partial charge in [-0.05, 0) is 19.2 Å². The molecule has 17 heavy (non-hydrogen) atoms. The van der Waals surface area contributed by atoms with Crippen molar-refractivity contribution >= 4 is 11.6 Å². The molecule has 1 heterocycles. The maximum atomic E-state index is 13.1. The van der Waals surface area contributed by atoms with Crippen LogP contribution >= 0.6 is 11.6 Å². The van der Waals surface area contributed by atoms with Crippen LogP contribution in [0.15, 0.2) is 28.9 Å². The van der Waals surface area contributed by atoms with Crippen molar-refractivity contribution in [2.24, 2.45) is 0 Å². The normalized spacial score (nSPS) is 10.5. The molecule has 0 atom stereocenters. The van der Waals surface area contributed by atoms with Gasteiger partial charge in [0, 0.05) is 12.6 Å². The Bertz CT molecular complexity index is 516. The van der Waals surface area contributed by atoms with Gasteiger partial charge in [-0.2, -0.15) is 4.98 Å². The maximum absolute atomic E-state index is 13.1. The molecule has 1 aromatic heterocycles. The summed E-state index contributed by atoms with van der Waals surface area (Å²) in [7, 11) is 1.80. The number of nitrogens with zero attached hydrogens (tertiary/aromatic N) is 1. The van der Waals surface area contributed by atoms with Gasteiger partial charge in [-0.3, -0.25) is 0 Å². The average Bonchev–Trinajstić information content (AvgIpc) is 2.72. The number of aromatic nitrogens is 1. The summed E-state index contributed by atoms with van der Waals surface area (Å²) in [6, 6.07) is 4.11. The van der Waals surface area contributed by atoms with E-state index in [1.807, 2.05) is 0 Å². The van der Waals surface area contributed by atoms with Crippen LogP contribution in [0.25, 0.3) is 0 Å². The van der Waals surface area contributed by atoms with E-state index >= 15 is 0 Å². The molecule has 1 aromatic carbocycles. The predicted molar refractivity (Wildman–Crippen MR) is 60.8 cm³/mol. The molecular formula is C11H10ClFN2O2. The second-order valence-electron chi connectivity index (χ2n) is 3.31. The van der Waals surface area contributed by atoms with Crippen molar-refractivity contribution in [3.8, 4) is 11.8 Å². The van der Waals surface area contributed by atoms with Gasteiger partial charge < -0.3 is 14.5 Å². The van der Waals surface area contributed by atoms with Crippen LogP contribution in [0.5, 0.6) is 11.8 Å². The van der Waals surface area contributed by atoms with Crippen LogP contribution in [0.2, 0.25) is 5.02 Å². The Labute approximate surface area is 102 Å². The van der Waals surface area contributed by atoms with Gasteiger partial charge >= 0.3 is 6.08 Å².